The summed E-state index contributed by atoms with van der Waals surface area (Å²) in [6.07, 6.45) is 3.85. The molecule has 0 saturated heterocycles. The Bertz CT molecular complexity index is 518. The number of nitrogens with zero attached hydrogens (tertiary/aromatic N) is 1. The van der Waals surface area contributed by atoms with Crippen LogP contribution in [0.1, 0.15) is 11.1 Å². The molecular weight excluding hydrogens is 253 g/mol. The first-order valence-corrected chi connectivity index (χ1v) is 6.04. The van der Waals surface area contributed by atoms with Crippen molar-refractivity contribution in [1.82, 2.24) is 4.98 Å². The molecule has 4 heteroatoms. The topological polar surface area (TPSA) is 33.1 Å². The molecule has 0 saturated carbocycles. The molecular formula is C14H13ClFNO. The van der Waals surface area contributed by atoms with Gasteiger partial charge >= 0.3 is 0 Å². The van der Waals surface area contributed by atoms with Crippen LogP contribution in [-0.4, -0.2) is 16.2 Å². The molecule has 0 radical (unpaired) electrons. The maximum Gasteiger partial charge on any atom is 0.141 e. The molecule has 18 heavy (non-hydrogen) atoms. The van der Waals surface area contributed by atoms with E-state index in [1.165, 1.54) is 6.07 Å². The minimum Gasteiger partial charge on any atom is -0.392 e. The summed E-state index contributed by atoms with van der Waals surface area (Å²) in [7, 11) is 0. The van der Waals surface area contributed by atoms with Crippen LogP contribution in [-0.2, 0) is 12.8 Å². The summed E-state index contributed by atoms with van der Waals surface area (Å²) in [5, 5.41) is 10.0. The Morgan fingerprint density at radius 1 is 1.11 bits per heavy atom. The van der Waals surface area contributed by atoms with Crippen molar-refractivity contribution >= 4 is 11.6 Å². The van der Waals surface area contributed by atoms with E-state index in [9.17, 15) is 9.50 Å². The maximum absolute atomic E-state index is 13.0. The predicted octanol–water partition coefficient (Wildman–Crippen LogP) is 3.02. The lowest BCUT2D eigenvalue weighted by molar-refractivity contribution is 0.175. The fraction of sp³-hybridized carbons (Fsp3) is 0.214. The van der Waals surface area contributed by atoms with Gasteiger partial charge in [-0.15, -0.1) is 0 Å². The number of aromatic nitrogens is 1. The molecule has 1 heterocycles. The standard InChI is InChI=1S/C14H13ClFNO/c15-13-9-11(1-2-14(13)16)8-12(18)7-10-3-5-17-6-4-10/h1-6,9,12,18H,7-8H2. The Morgan fingerprint density at radius 2 is 1.78 bits per heavy atom. The van der Waals surface area contributed by atoms with Crippen molar-refractivity contribution in [3.8, 4) is 0 Å². The second kappa shape index (κ2) is 5.94. The van der Waals surface area contributed by atoms with Crippen molar-refractivity contribution in [2.24, 2.45) is 0 Å². The van der Waals surface area contributed by atoms with Gasteiger partial charge in [0.15, 0.2) is 0 Å². The highest BCUT2D eigenvalue weighted by Gasteiger charge is 2.08. The van der Waals surface area contributed by atoms with E-state index in [-0.39, 0.29) is 5.02 Å². The molecule has 2 rings (SSSR count). The number of pyridine rings is 1. The monoisotopic (exact) mass is 265 g/mol. The molecule has 0 fully saturated rings. The largest absolute Gasteiger partial charge is 0.392 e. The zero-order valence-electron chi connectivity index (χ0n) is 9.68. The van der Waals surface area contributed by atoms with Crippen molar-refractivity contribution in [2.45, 2.75) is 18.9 Å². The number of aliphatic hydroxyl groups is 1. The minimum atomic E-state index is -0.520. The molecule has 0 aliphatic carbocycles. The number of hydrogen-bond acceptors (Lipinski definition) is 2. The number of rotatable bonds is 4. The van der Waals surface area contributed by atoms with E-state index >= 15 is 0 Å². The average molecular weight is 266 g/mol. The smallest absolute Gasteiger partial charge is 0.141 e. The lowest BCUT2D eigenvalue weighted by Gasteiger charge is -2.11. The van der Waals surface area contributed by atoms with Crippen LogP contribution in [0.25, 0.3) is 0 Å². The Morgan fingerprint density at radius 3 is 2.44 bits per heavy atom. The summed E-state index contributed by atoms with van der Waals surface area (Å²) < 4.78 is 13.0. The third kappa shape index (κ3) is 3.52. The third-order valence-corrected chi connectivity index (χ3v) is 2.97. The fourth-order valence-electron chi connectivity index (χ4n) is 1.80. The highest BCUT2D eigenvalue weighted by Crippen LogP contribution is 2.17. The zero-order chi connectivity index (χ0) is 13.0. The lowest BCUT2D eigenvalue weighted by atomic mass is 10.0. The van der Waals surface area contributed by atoms with Gasteiger partial charge in [-0.3, -0.25) is 4.98 Å². The van der Waals surface area contributed by atoms with Crippen molar-refractivity contribution in [3.05, 3.63) is 64.7 Å². The van der Waals surface area contributed by atoms with Crippen molar-refractivity contribution < 1.29 is 9.50 Å². The van der Waals surface area contributed by atoms with Crippen LogP contribution in [0, 0.1) is 5.82 Å². The van der Waals surface area contributed by atoms with Gasteiger partial charge in [-0.1, -0.05) is 17.7 Å². The van der Waals surface area contributed by atoms with Crippen molar-refractivity contribution in [2.75, 3.05) is 0 Å². The highest BCUT2D eigenvalue weighted by atomic mass is 35.5. The average Bonchev–Trinajstić information content (AvgIpc) is 2.35. The van der Waals surface area contributed by atoms with Crippen LogP contribution in [0.4, 0.5) is 4.39 Å². The van der Waals surface area contributed by atoms with Gasteiger partial charge in [0.2, 0.25) is 0 Å². The molecule has 0 aliphatic rings. The van der Waals surface area contributed by atoms with Crippen LogP contribution in [0.3, 0.4) is 0 Å². The first-order chi connectivity index (χ1) is 8.65. The Hall–Kier alpha value is -1.45. The van der Waals surface area contributed by atoms with E-state index in [2.05, 4.69) is 4.98 Å². The SMILES string of the molecule is OC(Cc1ccncc1)Cc1ccc(F)c(Cl)c1. The second-order valence-electron chi connectivity index (χ2n) is 4.17. The summed E-state index contributed by atoms with van der Waals surface area (Å²) in [5.41, 5.74) is 1.84. The number of benzene rings is 1. The number of hydrogen-bond donors (Lipinski definition) is 1. The van der Waals surface area contributed by atoms with E-state index in [0.717, 1.165) is 11.1 Å². The number of halogens is 2. The van der Waals surface area contributed by atoms with Gasteiger partial charge in [-0.25, -0.2) is 4.39 Å². The highest BCUT2D eigenvalue weighted by molar-refractivity contribution is 6.30. The molecule has 94 valence electrons. The summed E-state index contributed by atoms with van der Waals surface area (Å²) in [4.78, 5) is 3.92. The fourth-order valence-corrected chi connectivity index (χ4v) is 2.00. The van der Waals surface area contributed by atoms with Gasteiger partial charge in [0.1, 0.15) is 5.82 Å². The molecule has 1 aromatic heterocycles. The van der Waals surface area contributed by atoms with Gasteiger partial charge in [0.05, 0.1) is 11.1 Å². The first kappa shape index (κ1) is 13.0. The third-order valence-electron chi connectivity index (χ3n) is 2.68. The molecule has 1 atom stereocenters. The van der Waals surface area contributed by atoms with Crippen LogP contribution in [0.5, 0.6) is 0 Å². The molecule has 1 aromatic carbocycles. The molecule has 2 nitrogen and oxygen atoms in total. The van der Waals surface area contributed by atoms with Gasteiger partial charge < -0.3 is 5.11 Å². The van der Waals surface area contributed by atoms with Crippen molar-refractivity contribution in [1.29, 1.82) is 0 Å². The Kier molecular flexibility index (Phi) is 4.28. The quantitative estimate of drug-likeness (QED) is 0.922. The van der Waals surface area contributed by atoms with Crippen LogP contribution in [0.15, 0.2) is 42.7 Å². The maximum atomic E-state index is 13.0. The molecule has 0 aliphatic heterocycles. The zero-order valence-corrected chi connectivity index (χ0v) is 10.4. The normalized spacial score (nSPS) is 12.4. The summed E-state index contributed by atoms with van der Waals surface area (Å²) in [5.74, 6) is -0.441. The van der Waals surface area contributed by atoms with Gasteiger partial charge in [0.25, 0.3) is 0 Å². The lowest BCUT2D eigenvalue weighted by Crippen LogP contribution is -2.14. The van der Waals surface area contributed by atoms with Crippen LogP contribution < -0.4 is 0 Å². The van der Waals surface area contributed by atoms with Crippen LogP contribution in [0.2, 0.25) is 5.02 Å². The number of aliphatic hydroxyl groups excluding tert-OH is 1. The molecule has 2 aromatic rings. The van der Waals surface area contributed by atoms with E-state index < -0.39 is 11.9 Å². The van der Waals surface area contributed by atoms with Gasteiger partial charge in [-0.2, -0.15) is 0 Å². The van der Waals surface area contributed by atoms with Gasteiger partial charge in [-0.05, 0) is 48.2 Å². The molecule has 0 amide bonds. The van der Waals surface area contributed by atoms with Crippen LogP contribution >= 0.6 is 11.6 Å². The summed E-state index contributed by atoms with van der Waals surface area (Å²) in [6.45, 7) is 0. The molecule has 1 N–H and O–H groups in total. The Balaban J connectivity index is 1.99. The minimum absolute atomic E-state index is 0.0867. The summed E-state index contributed by atoms with van der Waals surface area (Å²) >= 11 is 5.69. The first-order valence-electron chi connectivity index (χ1n) is 5.66. The van der Waals surface area contributed by atoms with E-state index in [1.54, 1.807) is 24.5 Å². The van der Waals surface area contributed by atoms with Gasteiger partial charge in [0, 0.05) is 12.4 Å². The van der Waals surface area contributed by atoms with E-state index in [4.69, 9.17) is 11.6 Å². The second-order valence-corrected chi connectivity index (χ2v) is 4.57. The predicted molar refractivity (Wildman–Crippen MR) is 69.1 cm³/mol. The molecule has 0 spiro atoms. The van der Waals surface area contributed by atoms with E-state index in [0.29, 0.717) is 12.8 Å². The van der Waals surface area contributed by atoms with Crippen molar-refractivity contribution in [3.63, 3.8) is 0 Å². The van der Waals surface area contributed by atoms with E-state index in [1.807, 2.05) is 12.1 Å². The summed E-state index contributed by atoms with van der Waals surface area (Å²) in [6, 6.07) is 8.22. The molecule has 1 unspecified atom stereocenters. The Labute approximate surface area is 110 Å². The molecule has 0 bridgehead atoms.